The first-order valence-electron chi connectivity index (χ1n) is 5.00. The van der Waals surface area contributed by atoms with Crippen molar-refractivity contribution < 1.29 is 4.74 Å². The van der Waals surface area contributed by atoms with Crippen molar-refractivity contribution in [1.29, 1.82) is 0 Å². The summed E-state index contributed by atoms with van der Waals surface area (Å²) in [6.07, 6.45) is 0. The molecule has 0 saturated carbocycles. The van der Waals surface area contributed by atoms with E-state index in [4.69, 9.17) is 4.74 Å². The topological polar surface area (TPSA) is 9.23 Å². The maximum Gasteiger partial charge on any atom is 0.119 e. The lowest BCUT2D eigenvalue weighted by molar-refractivity contribution is 0.340. The lowest BCUT2D eigenvalue weighted by Crippen LogP contribution is -2.24. The molecule has 0 amide bonds. The van der Waals surface area contributed by atoms with Crippen LogP contribution in [0.1, 0.15) is 13.8 Å². The third kappa shape index (κ3) is 2.88. The first-order chi connectivity index (χ1) is 6.27. The van der Waals surface area contributed by atoms with Crippen molar-refractivity contribution >= 4 is 14.0 Å². The molecule has 0 radical (unpaired) electrons. The molecule has 0 bridgehead atoms. The molecule has 0 aliphatic carbocycles. The fourth-order valence-corrected chi connectivity index (χ4v) is 2.62. The highest BCUT2D eigenvalue weighted by Gasteiger charge is 2.03. The van der Waals surface area contributed by atoms with Crippen LogP contribution in [0, 0.1) is 0 Å². The Bertz CT molecular complexity index is 243. The Hall–Kier alpha value is -0.763. The van der Waals surface area contributed by atoms with Gasteiger partial charge in [0.1, 0.15) is 5.75 Å². The molecule has 72 valence electrons. The van der Waals surface area contributed by atoms with Crippen molar-refractivity contribution in [3.8, 4) is 5.75 Å². The van der Waals surface area contributed by atoms with Crippen LogP contribution >= 0.6 is 0 Å². The maximum atomic E-state index is 5.39. The zero-order valence-corrected chi connectivity index (χ0v) is 9.86. The molecule has 0 aromatic heterocycles. The summed E-state index contributed by atoms with van der Waals surface area (Å²) in [7, 11) is -0.636. The predicted octanol–water partition coefficient (Wildman–Crippen LogP) is 2.17. The van der Waals surface area contributed by atoms with Crippen LogP contribution in [0.3, 0.4) is 0 Å². The minimum atomic E-state index is -0.636. The molecule has 1 atom stereocenters. The van der Waals surface area contributed by atoms with Crippen molar-refractivity contribution in [3.63, 3.8) is 0 Å². The van der Waals surface area contributed by atoms with Crippen LogP contribution in [0.25, 0.3) is 0 Å². The van der Waals surface area contributed by atoms with Gasteiger partial charge in [-0.1, -0.05) is 36.8 Å². The Balaban J connectivity index is 2.69. The lowest BCUT2D eigenvalue weighted by atomic mass is 10.3. The third-order valence-electron chi connectivity index (χ3n) is 2.37. The zero-order valence-electron chi connectivity index (χ0n) is 8.71. The van der Waals surface area contributed by atoms with Gasteiger partial charge in [0.25, 0.3) is 0 Å². The predicted molar refractivity (Wildman–Crippen MR) is 60.7 cm³/mol. The van der Waals surface area contributed by atoms with E-state index in [-0.39, 0.29) is 0 Å². The van der Waals surface area contributed by atoms with E-state index in [1.54, 1.807) is 0 Å². The van der Waals surface area contributed by atoms with E-state index < -0.39 is 8.80 Å². The van der Waals surface area contributed by atoms with E-state index in [2.05, 4.69) is 37.7 Å². The van der Waals surface area contributed by atoms with Crippen LogP contribution < -0.4 is 9.92 Å². The molecule has 1 aromatic carbocycles. The molecule has 0 heterocycles. The molecule has 0 saturated heterocycles. The van der Waals surface area contributed by atoms with Gasteiger partial charge in [-0.2, -0.15) is 0 Å². The van der Waals surface area contributed by atoms with Gasteiger partial charge in [-0.05, 0) is 19.1 Å². The van der Waals surface area contributed by atoms with E-state index in [1.807, 2.05) is 6.92 Å². The Kier molecular flexibility index (Phi) is 4.03. The molecule has 0 spiro atoms. The third-order valence-corrected chi connectivity index (χ3v) is 5.12. The van der Waals surface area contributed by atoms with Crippen molar-refractivity contribution in [1.82, 2.24) is 0 Å². The van der Waals surface area contributed by atoms with Gasteiger partial charge in [0, 0.05) is 0 Å². The van der Waals surface area contributed by atoms with Crippen molar-refractivity contribution in [2.45, 2.75) is 26.4 Å². The second kappa shape index (κ2) is 5.07. The minimum absolute atomic E-state index is 0.636. The van der Waals surface area contributed by atoms with Crippen LogP contribution in [0.15, 0.2) is 24.3 Å². The molecule has 0 aliphatic heterocycles. The van der Waals surface area contributed by atoms with Crippen LogP contribution in [-0.2, 0) is 0 Å². The SMILES string of the molecule is CCOc1ccc([SiH](C)CC)cc1. The summed E-state index contributed by atoms with van der Waals surface area (Å²) in [5.41, 5.74) is 0. The van der Waals surface area contributed by atoms with Crippen LogP contribution in [0.2, 0.25) is 12.6 Å². The monoisotopic (exact) mass is 194 g/mol. The number of ether oxygens (including phenoxy) is 1. The Morgan fingerprint density at radius 1 is 1.15 bits per heavy atom. The van der Waals surface area contributed by atoms with Crippen molar-refractivity contribution in [3.05, 3.63) is 24.3 Å². The number of hydrogen-bond donors (Lipinski definition) is 0. The van der Waals surface area contributed by atoms with Gasteiger partial charge < -0.3 is 4.74 Å². The fourth-order valence-electron chi connectivity index (χ4n) is 1.29. The molecule has 0 aliphatic rings. The van der Waals surface area contributed by atoms with E-state index in [1.165, 1.54) is 11.2 Å². The summed E-state index contributed by atoms with van der Waals surface area (Å²) in [6, 6.07) is 9.92. The highest BCUT2D eigenvalue weighted by molar-refractivity contribution is 6.71. The van der Waals surface area contributed by atoms with Gasteiger partial charge in [0.05, 0.1) is 15.4 Å². The quantitative estimate of drug-likeness (QED) is 0.668. The molecular formula is C11H18OSi. The van der Waals surface area contributed by atoms with Crippen LogP contribution in [0.5, 0.6) is 5.75 Å². The molecular weight excluding hydrogens is 176 g/mol. The first-order valence-corrected chi connectivity index (χ1v) is 7.55. The Labute approximate surface area is 82.3 Å². The van der Waals surface area contributed by atoms with E-state index in [0.717, 1.165) is 12.4 Å². The fraction of sp³-hybridized carbons (Fsp3) is 0.455. The lowest BCUT2D eigenvalue weighted by Gasteiger charge is -2.08. The smallest absolute Gasteiger partial charge is 0.119 e. The second-order valence-electron chi connectivity index (χ2n) is 3.31. The van der Waals surface area contributed by atoms with Crippen molar-refractivity contribution in [2.75, 3.05) is 6.61 Å². The standard InChI is InChI=1S/C11H18OSi/c1-4-12-10-6-8-11(9-7-10)13(3)5-2/h6-9,13H,4-5H2,1-3H3. The summed E-state index contributed by atoms with van der Waals surface area (Å²) in [5.74, 6) is 0.989. The molecule has 13 heavy (non-hydrogen) atoms. The normalized spacial score (nSPS) is 12.5. The van der Waals surface area contributed by atoms with Crippen molar-refractivity contribution in [2.24, 2.45) is 0 Å². The average molecular weight is 194 g/mol. The van der Waals surface area contributed by atoms with Gasteiger partial charge in [-0.3, -0.25) is 0 Å². The molecule has 1 rings (SSSR count). The maximum absolute atomic E-state index is 5.39. The summed E-state index contributed by atoms with van der Waals surface area (Å²) in [4.78, 5) is 0. The molecule has 1 aromatic rings. The Morgan fingerprint density at radius 3 is 2.23 bits per heavy atom. The summed E-state index contributed by atoms with van der Waals surface area (Å²) >= 11 is 0. The highest BCUT2D eigenvalue weighted by Crippen LogP contribution is 2.08. The molecule has 0 N–H and O–H groups in total. The second-order valence-corrected chi connectivity index (χ2v) is 6.60. The average Bonchev–Trinajstić information content (AvgIpc) is 2.18. The number of rotatable bonds is 4. The molecule has 2 heteroatoms. The van der Waals surface area contributed by atoms with E-state index in [0.29, 0.717) is 0 Å². The Morgan fingerprint density at radius 2 is 1.77 bits per heavy atom. The van der Waals surface area contributed by atoms with Gasteiger partial charge in [0.15, 0.2) is 0 Å². The molecule has 1 nitrogen and oxygen atoms in total. The summed E-state index contributed by atoms with van der Waals surface area (Å²) in [5, 5.41) is 1.53. The molecule has 0 fully saturated rings. The first kappa shape index (κ1) is 10.3. The summed E-state index contributed by atoms with van der Waals surface area (Å²) < 4.78 is 5.39. The van der Waals surface area contributed by atoms with Gasteiger partial charge in [-0.15, -0.1) is 0 Å². The van der Waals surface area contributed by atoms with E-state index in [9.17, 15) is 0 Å². The minimum Gasteiger partial charge on any atom is -0.494 e. The largest absolute Gasteiger partial charge is 0.494 e. The zero-order chi connectivity index (χ0) is 9.68. The van der Waals surface area contributed by atoms with Crippen LogP contribution in [-0.4, -0.2) is 15.4 Å². The number of hydrogen-bond acceptors (Lipinski definition) is 1. The number of benzene rings is 1. The summed E-state index contributed by atoms with van der Waals surface area (Å²) in [6.45, 7) is 7.42. The van der Waals surface area contributed by atoms with Gasteiger partial charge in [-0.25, -0.2) is 0 Å². The van der Waals surface area contributed by atoms with Gasteiger partial charge in [0.2, 0.25) is 0 Å². The van der Waals surface area contributed by atoms with E-state index >= 15 is 0 Å². The van der Waals surface area contributed by atoms with Crippen LogP contribution in [0.4, 0.5) is 0 Å². The highest BCUT2D eigenvalue weighted by atomic mass is 28.3. The van der Waals surface area contributed by atoms with Gasteiger partial charge >= 0.3 is 0 Å². The molecule has 1 unspecified atom stereocenters.